The van der Waals surface area contributed by atoms with E-state index in [4.69, 9.17) is 5.11 Å². The Balaban J connectivity index is 1.85. The Morgan fingerprint density at radius 1 is 1.31 bits per heavy atom. The van der Waals surface area contributed by atoms with Crippen molar-refractivity contribution >= 4 is 29.4 Å². The van der Waals surface area contributed by atoms with Gasteiger partial charge in [0.15, 0.2) is 0 Å². The molecule has 1 fully saturated rings. The molecule has 2 aliphatic heterocycles. The van der Waals surface area contributed by atoms with E-state index in [2.05, 4.69) is 5.32 Å². The summed E-state index contributed by atoms with van der Waals surface area (Å²) >= 11 is 0. The van der Waals surface area contributed by atoms with E-state index in [0.29, 0.717) is 24.1 Å². The van der Waals surface area contributed by atoms with E-state index in [1.807, 2.05) is 0 Å². The molecular formula is C18H21N3O5. The molecule has 0 aliphatic carbocycles. The van der Waals surface area contributed by atoms with E-state index < -0.39 is 23.5 Å². The third-order valence-electron chi connectivity index (χ3n) is 5.07. The SMILES string of the molecule is CC(CNC(=O)CN1C(=O)c2ccccc2N2C(=O)CCC12C)C(=O)O. The van der Waals surface area contributed by atoms with Crippen LogP contribution in [0, 0.1) is 5.92 Å². The second-order valence-corrected chi connectivity index (χ2v) is 6.90. The molecule has 1 saturated heterocycles. The topological polar surface area (TPSA) is 107 Å². The van der Waals surface area contributed by atoms with Crippen LogP contribution in [0.1, 0.15) is 37.0 Å². The maximum Gasteiger partial charge on any atom is 0.308 e. The van der Waals surface area contributed by atoms with Crippen LogP contribution in [-0.4, -0.2) is 52.4 Å². The summed E-state index contributed by atoms with van der Waals surface area (Å²) in [6.45, 7) is 3.01. The summed E-state index contributed by atoms with van der Waals surface area (Å²) in [5.74, 6) is -2.58. The lowest BCUT2D eigenvalue weighted by atomic mass is 9.98. The fraction of sp³-hybridized carbons (Fsp3) is 0.444. The fourth-order valence-corrected chi connectivity index (χ4v) is 3.49. The average molecular weight is 359 g/mol. The monoisotopic (exact) mass is 359 g/mol. The van der Waals surface area contributed by atoms with Gasteiger partial charge in [0.05, 0.1) is 17.2 Å². The van der Waals surface area contributed by atoms with Gasteiger partial charge < -0.3 is 15.3 Å². The smallest absolute Gasteiger partial charge is 0.308 e. The van der Waals surface area contributed by atoms with Gasteiger partial charge in [-0.1, -0.05) is 19.1 Å². The zero-order valence-corrected chi connectivity index (χ0v) is 14.7. The van der Waals surface area contributed by atoms with Crippen molar-refractivity contribution in [2.75, 3.05) is 18.0 Å². The minimum atomic E-state index is -1.01. The maximum atomic E-state index is 13.0. The first-order valence-electron chi connectivity index (χ1n) is 8.49. The molecule has 2 unspecified atom stereocenters. The molecular weight excluding hydrogens is 338 g/mol. The van der Waals surface area contributed by atoms with Gasteiger partial charge in [0, 0.05) is 13.0 Å². The van der Waals surface area contributed by atoms with Crippen LogP contribution in [0.15, 0.2) is 24.3 Å². The molecule has 2 heterocycles. The van der Waals surface area contributed by atoms with Crippen LogP contribution in [0.4, 0.5) is 5.69 Å². The summed E-state index contributed by atoms with van der Waals surface area (Å²) in [5, 5.41) is 11.4. The Labute approximate surface area is 150 Å². The summed E-state index contributed by atoms with van der Waals surface area (Å²) in [6, 6.07) is 6.86. The summed E-state index contributed by atoms with van der Waals surface area (Å²) in [6.07, 6.45) is 0.733. The number of rotatable bonds is 5. The quantitative estimate of drug-likeness (QED) is 0.809. The number of nitrogens with zero attached hydrogens (tertiary/aromatic N) is 2. The number of benzene rings is 1. The summed E-state index contributed by atoms with van der Waals surface area (Å²) < 4.78 is 0. The Morgan fingerprint density at radius 3 is 2.69 bits per heavy atom. The molecule has 2 atom stereocenters. The highest BCUT2D eigenvalue weighted by Crippen LogP contribution is 2.43. The molecule has 2 aliphatic rings. The third-order valence-corrected chi connectivity index (χ3v) is 5.07. The van der Waals surface area contributed by atoms with Crippen LogP contribution in [-0.2, 0) is 14.4 Å². The van der Waals surface area contributed by atoms with Gasteiger partial charge in [-0.15, -0.1) is 0 Å². The third kappa shape index (κ3) is 2.81. The molecule has 3 rings (SSSR count). The summed E-state index contributed by atoms with van der Waals surface area (Å²) in [5.41, 5.74) is 0.0451. The fourth-order valence-electron chi connectivity index (χ4n) is 3.49. The number of hydrogen-bond donors (Lipinski definition) is 2. The number of nitrogens with one attached hydrogen (secondary N) is 1. The standard InChI is InChI=1S/C18H21N3O5/c1-11(17(25)26)9-19-14(22)10-20-16(24)12-5-3-4-6-13(12)21-15(23)7-8-18(20,21)2/h3-6,11H,7-10H2,1-2H3,(H,19,22)(H,25,26). The predicted octanol–water partition coefficient (Wildman–Crippen LogP) is 0.822. The summed E-state index contributed by atoms with van der Waals surface area (Å²) in [4.78, 5) is 51.6. The Bertz CT molecular complexity index is 793. The van der Waals surface area contributed by atoms with E-state index in [1.54, 1.807) is 36.1 Å². The zero-order chi connectivity index (χ0) is 19.1. The normalized spacial score (nSPS) is 22.7. The number of carboxylic acid groups (broad SMARTS) is 1. The first-order chi connectivity index (χ1) is 12.3. The molecule has 0 radical (unpaired) electrons. The van der Waals surface area contributed by atoms with E-state index in [1.165, 1.54) is 11.8 Å². The number of fused-ring (bicyclic) bond motifs is 3. The number of amides is 3. The molecule has 1 aromatic rings. The highest BCUT2D eigenvalue weighted by Gasteiger charge is 2.53. The van der Waals surface area contributed by atoms with Crippen LogP contribution >= 0.6 is 0 Å². The average Bonchev–Trinajstić information content (AvgIpc) is 2.92. The van der Waals surface area contributed by atoms with Gasteiger partial charge in [-0.25, -0.2) is 0 Å². The number of carboxylic acids is 1. The van der Waals surface area contributed by atoms with Gasteiger partial charge in [0.25, 0.3) is 5.91 Å². The first kappa shape index (κ1) is 17.9. The van der Waals surface area contributed by atoms with E-state index in [9.17, 15) is 19.2 Å². The van der Waals surface area contributed by atoms with Crippen molar-refractivity contribution < 1.29 is 24.3 Å². The molecule has 0 bridgehead atoms. The molecule has 1 aromatic carbocycles. The number of carbonyl (C=O) groups is 4. The Hall–Kier alpha value is -2.90. The van der Waals surface area contributed by atoms with Crippen LogP contribution in [0.5, 0.6) is 0 Å². The number of anilines is 1. The van der Waals surface area contributed by atoms with Gasteiger partial charge in [-0.2, -0.15) is 0 Å². The van der Waals surface area contributed by atoms with Gasteiger partial charge >= 0.3 is 5.97 Å². The first-order valence-corrected chi connectivity index (χ1v) is 8.49. The van der Waals surface area contributed by atoms with Crippen molar-refractivity contribution in [1.82, 2.24) is 10.2 Å². The second kappa shape index (κ2) is 6.44. The van der Waals surface area contributed by atoms with Crippen molar-refractivity contribution in [3.8, 4) is 0 Å². The Morgan fingerprint density at radius 2 is 2.00 bits per heavy atom. The Kier molecular flexibility index (Phi) is 4.43. The lowest BCUT2D eigenvalue weighted by Gasteiger charge is -2.48. The van der Waals surface area contributed by atoms with Crippen molar-refractivity contribution in [1.29, 1.82) is 0 Å². The van der Waals surface area contributed by atoms with Crippen LogP contribution in [0.3, 0.4) is 0 Å². The minimum Gasteiger partial charge on any atom is -0.481 e. The largest absolute Gasteiger partial charge is 0.481 e. The van der Waals surface area contributed by atoms with Gasteiger partial charge in [-0.3, -0.25) is 24.1 Å². The highest BCUT2D eigenvalue weighted by molar-refractivity contribution is 6.11. The van der Waals surface area contributed by atoms with Crippen LogP contribution in [0.25, 0.3) is 0 Å². The predicted molar refractivity (Wildman–Crippen MR) is 92.4 cm³/mol. The van der Waals surface area contributed by atoms with Crippen molar-refractivity contribution in [2.24, 2.45) is 5.92 Å². The number of carbonyl (C=O) groups excluding carboxylic acids is 3. The maximum absolute atomic E-state index is 13.0. The van der Waals surface area contributed by atoms with Crippen LogP contribution in [0.2, 0.25) is 0 Å². The number of aliphatic carboxylic acids is 1. The van der Waals surface area contributed by atoms with Crippen LogP contribution < -0.4 is 10.2 Å². The molecule has 26 heavy (non-hydrogen) atoms. The van der Waals surface area contributed by atoms with Gasteiger partial charge in [-0.05, 0) is 25.5 Å². The van der Waals surface area contributed by atoms with Crippen molar-refractivity contribution in [2.45, 2.75) is 32.4 Å². The van der Waals surface area contributed by atoms with Gasteiger partial charge in [0.1, 0.15) is 12.2 Å². The van der Waals surface area contributed by atoms with Crippen molar-refractivity contribution in [3.05, 3.63) is 29.8 Å². The molecule has 2 N–H and O–H groups in total. The zero-order valence-electron chi connectivity index (χ0n) is 14.7. The molecule has 8 nitrogen and oxygen atoms in total. The molecule has 3 amide bonds. The van der Waals surface area contributed by atoms with Crippen molar-refractivity contribution in [3.63, 3.8) is 0 Å². The minimum absolute atomic E-state index is 0.0217. The summed E-state index contributed by atoms with van der Waals surface area (Å²) in [7, 11) is 0. The molecule has 0 aromatic heterocycles. The lowest BCUT2D eigenvalue weighted by molar-refractivity contribution is -0.141. The lowest BCUT2D eigenvalue weighted by Crippen LogP contribution is -2.64. The molecule has 0 saturated carbocycles. The molecule has 0 spiro atoms. The van der Waals surface area contributed by atoms with E-state index >= 15 is 0 Å². The second-order valence-electron chi connectivity index (χ2n) is 6.90. The highest BCUT2D eigenvalue weighted by atomic mass is 16.4. The van der Waals surface area contributed by atoms with E-state index in [0.717, 1.165) is 0 Å². The number of para-hydroxylation sites is 1. The van der Waals surface area contributed by atoms with Gasteiger partial charge in [0.2, 0.25) is 11.8 Å². The molecule has 138 valence electrons. The number of hydrogen-bond acceptors (Lipinski definition) is 4. The van der Waals surface area contributed by atoms with E-state index in [-0.39, 0.29) is 24.9 Å². The molecule has 8 heteroatoms.